The predicted octanol–water partition coefficient (Wildman–Crippen LogP) is 2.29. The number of nitrogens with one attached hydrogen (secondary N) is 1. The Balaban J connectivity index is 2.97. The van der Waals surface area contributed by atoms with Gasteiger partial charge in [0.2, 0.25) is 0 Å². The molecule has 2 N–H and O–H groups in total. The Labute approximate surface area is 111 Å². The molecule has 0 bridgehead atoms. The van der Waals surface area contributed by atoms with Crippen LogP contribution >= 0.6 is 0 Å². The molecule has 0 fully saturated rings. The van der Waals surface area contributed by atoms with Gasteiger partial charge in [-0.2, -0.15) is 5.26 Å². The smallest absolute Gasteiger partial charge is 0.287 e. The van der Waals surface area contributed by atoms with Crippen LogP contribution in [-0.2, 0) is 0 Å². The molecule has 1 rings (SSSR count). The summed E-state index contributed by atoms with van der Waals surface area (Å²) in [5.41, 5.74) is 0.398. The molecule has 19 heavy (non-hydrogen) atoms. The maximum atomic E-state index is 10.7. The summed E-state index contributed by atoms with van der Waals surface area (Å²) < 4.78 is 0. The fourth-order valence-electron chi connectivity index (χ4n) is 1.74. The summed E-state index contributed by atoms with van der Waals surface area (Å²) in [6, 6.07) is 5.94. The Morgan fingerprint density at radius 1 is 1.58 bits per heavy atom. The summed E-state index contributed by atoms with van der Waals surface area (Å²) in [6.07, 6.45) is 0.899. The Morgan fingerprint density at radius 3 is 2.74 bits per heavy atom. The van der Waals surface area contributed by atoms with E-state index in [4.69, 9.17) is 5.26 Å². The minimum Gasteiger partial charge on any atom is -0.394 e. The highest BCUT2D eigenvalue weighted by Gasteiger charge is 2.17. The average molecular weight is 263 g/mol. The van der Waals surface area contributed by atoms with Gasteiger partial charge in [-0.1, -0.05) is 20.3 Å². The third-order valence-corrected chi connectivity index (χ3v) is 3.19. The van der Waals surface area contributed by atoms with E-state index in [0.29, 0.717) is 5.69 Å². The van der Waals surface area contributed by atoms with E-state index in [2.05, 4.69) is 5.32 Å². The Kier molecular flexibility index (Phi) is 5.27. The molecule has 0 aliphatic rings. The van der Waals surface area contributed by atoms with E-state index in [0.717, 1.165) is 6.42 Å². The third-order valence-electron chi connectivity index (χ3n) is 3.19. The number of aliphatic hydroxyl groups is 1. The van der Waals surface area contributed by atoms with Gasteiger partial charge < -0.3 is 10.4 Å². The number of aliphatic hydroxyl groups excluding tert-OH is 1. The first-order chi connectivity index (χ1) is 9.03. The van der Waals surface area contributed by atoms with Gasteiger partial charge in [0.1, 0.15) is 11.6 Å². The van der Waals surface area contributed by atoms with Gasteiger partial charge in [0.15, 0.2) is 0 Å². The van der Waals surface area contributed by atoms with Crippen LogP contribution in [0.5, 0.6) is 0 Å². The van der Waals surface area contributed by atoms with Crippen LogP contribution in [0, 0.1) is 27.4 Å². The van der Waals surface area contributed by atoms with Gasteiger partial charge in [-0.3, -0.25) is 10.1 Å². The third kappa shape index (κ3) is 3.66. The second-order valence-corrected chi connectivity index (χ2v) is 4.42. The summed E-state index contributed by atoms with van der Waals surface area (Å²) in [5, 5.41) is 32.0. The Hall–Kier alpha value is -2.13. The summed E-state index contributed by atoms with van der Waals surface area (Å²) in [7, 11) is 0. The van der Waals surface area contributed by atoms with Gasteiger partial charge >= 0.3 is 0 Å². The molecule has 1 aromatic carbocycles. The zero-order valence-electron chi connectivity index (χ0n) is 11.0. The lowest BCUT2D eigenvalue weighted by Crippen LogP contribution is -2.30. The molecule has 0 saturated heterocycles. The molecule has 1 aromatic rings. The largest absolute Gasteiger partial charge is 0.394 e. The summed E-state index contributed by atoms with van der Waals surface area (Å²) in [6.45, 7) is 3.99. The molecule has 0 heterocycles. The first kappa shape index (κ1) is 14.9. The summed E-state index contributed by atoms with van der Waals surface area (Å²) in [4.78, 5) is 10.1. The van der Waals surface area contributed by atoms with Crippen molar-refractivity contribution in [2.75, 3.05) is 11.9 Å². The van der Waals surface area contributed by atoms with E-state index < -0.39 is 4.92 Å². The van der Waals surface area contributed by atoms with Gasteiger partial charge in [0, 0.05) is 11.8 Å². The van der Waals surface area contributed by atoms with E-state index in [9.17, 15) is 15.2 Å². The number of anilines is 1. The number of hydrogen-bond donors (Lipinski definition) is 2. The molecule has 0 spiro atoms. The van der Waals surface area contributed by atoms with E-state index in [1.54, 1.807) is 6.07 Å². The number of nitro benzene ring substituents is 1. The van der Waals surface area contributed by atoms with Crippen molar-refractivity contribution in [1.29, 1.82) is 5.26 Å². The van der Waals surface area contributed by atoms with Crippen molar-refractivity contribution in [3.05, 3.63) is 33.9 Å². The van der Waals surface area contributed by atoms with Crippen molar-refractivity contribution in [2.24, 2.45) is 5.92 Å². The molecule has 102 valence electrons. The van der Waals surface area contributed by atoms with Crippen LogP contribution in [0.1, 0.15) is 25.8 Å². The Bertz CT molecular complexity index is 496. The van der Waals surface area contributed by atoms with Gasteiger partial charge in [0.05, 0.1) is 17.6 Å². The predicted molar refractivity (Wildman–Crippen MR) is 71.8 cm³/mol. The molecular formula is C13H17N3O3. The quantitative estimate of drug-likeness (QED) is 0.606. The molecule has 0 aliphatic heterocycles. The number of nitriles is 1. The van der Waals surface area contributed by atoms with Crippen LogP contribution in [0.15, 0.2) is 18.2 Å². The number of nitrogens with zero attached hydrogens (tertiary/aromatic N) is 2. The molecule has 6 nitrogen and oxygen atoms in total. The maximum absolute atomic E-state index is 10.7. The average Bonchev–Trinajstić information content (AvgIpc) is 2.43. The molecule has 0 aromatic heterocycles. The lowest BCUT2D eigenvalue weighted by molar-refractivity contribution is -0.385. The molecule has 0 radical (unpaired) electrons. The fourth-order valence-corrected chi connectivity index (χ4v) is 1.74. The van der Waals surface area contributed by atoms with Crippen LogP contribution in [0.2, 0.25) is 0 Å². The van der Waals surface area contributed by atoms with Gasteiger partial charge in [-0.15, -0.1) is 0 Å². The van der Waals surface area contributed by atoms with Crippen LogP contribution in [-0.4, -0.2) is 22.7 Å². The van der Waals surface area contributed by atoms with E-state index in [1.165, 1.54) is 12.1 Å². The van der Waals surface area contributed by atoms with E-state index in [1.807, 2.05) is 19.9 Å². The molecule has 0 aliphatic carbocycles. The lowest BCUT2D eigenvalue weighted by atomic mass is 9.99. The monoisotopic (exact) mass is 263 g/mol. The highest BCUT2D eigenvalue weighted by Crippen LogP contribution is 2.23. The zero-order chi connectivity index (χ0) is 14.4. The molecule has 0 unspecified atom stereocenters. The minimum atomic E-state index is -0.583. The van der Waals surface area contributed by atoms with Crippen LogP contribution in [0.4, 0.5) is 11.4 Å². The van der Waals surface area contributed by atoms with Gasteiger partial charge in [0.25, 0.3) is 5.69 Å². The topological polar surface area (TPSA) is 99.2 Å². The van der Waals surface area contributed by atoms with Gasteiger partial charge in [-0.05, 0) is 18.1 Å². The molecule has 0 amide bonds. The van der Waals surface area contributed by atoms with Crippen molar-refractivity contribution in [2.45, 2.75) is 26.3 Å². The van der Waals surface area contributed by atoms with Crippen LogP contribution < -0.4 is 5.32 Å². The van der Waals surface area contributed by atoms with E-state index in [-0.39, 0.29) is 29.8 Å². The number of benzene rings is 1. The highest BCUT2D eigenvalue weighted by molar-refractivity contribution is 5.59. The first-order valence-corrected chi connectivity index (χ1v) is 6.09. The second-order valence-electron chi connectivity index (χ2n) is 4.42. The van der Waals surface area contributed by atoms with Crippen molar-refractivity contribution in [3.8, 4) is 6.07 Å². The normalized spacial score (nSPS) is 13.4. The molecule has 6 heteroatoms. The molecular weight excluding hydrogens is 246 g/mol. The molecule has 2 atom stereocenters. The van der Waals surface area contributed by atoms with Crippen molar-refractivity contribution in [1.82, 2.24) is 0 Å². The van der Waals surface area contributed by atoms with E-state index >= 15 is 0 Å². The second kappa shape index (κ2) is 6.71. The SMILES string of the molecule is CC[C@H](C)[C@H](CO)Nc1ccc([N+](=O)[O-])c(C#N)c1. The number of hydrogen-bond acceptors (Lipinski definition) is 5. The van der Waals surface area contributed by atoms with Gasteiger partial charge in [-0.25, -0.2) is 0 Å². The molecule has 0 saturated carbocycles. The standard InChI is InChI=1S/C13H17N3O3/c1-3-9(2)12(8-17)15-11-4-5-13(16(18)19)10(6-11)7-14/h4-6,9,12,15,17H,3,8H2,1-2H3/t9-,12-/m0/s1. The van der Waals surface area contributed by atoms with Crippen LogP contribution in [0.3, 0.4) is 0 Å². The Morgan fingerprint density at radius 2 is 2.26 bits per heavy atom. The summed E-state index contributed by atoms with van der Waals surface area (Å²) in [5.74, 6) is 0.255. The maximum Gasteiger partial charge on any atom is 0.287 e. The summed E-state index contributed by atoms with van der Waals surface area (Å²) >= 11 is 0. The minimum absolute atomic E-state index is 0.0100. The number of rotatable bonds is 6. The zero-order valence-corrected chi connectivity index (χ0v) is 11.0. The van der Waals surface area contributed by atoms with Crippen LogP contribution in [0.25, 0.3) is 0 Å². The van der Waals surface area contributed by atoms with Crippen molar-refractivity contribution >= 4 is 11.4 Å². The fraction of sp³-hybridized carbons (Fsp3) is 0.462. The number of nitro groups is 1. The van der Waals surface area contributed by atoms with Crippen molar-refractivity contribution in [3.63, 3.8) is 0 Å². The van der Waals surface area contributed by atoms with Crippen molar-refractivity contribution < 1.29 is 10.0 Å². The first-order valence-electron chi connectivity index (χ1n) is 6.09. The lowest BCUT2D eigenvalue weighted by Gasteiger charge is -2.23. The highest BCUT2D eigenvalue weighted by atomic mass is 16.6.